The lowest BCUT2D eigenvalue weighted by atomic mass is 9.84. The summed E-state index contributed by atoms with van der Waals surface area (Å²) in [6.07, 6.45) is -1.33. The number of hydrogen-bond acceptors (Lipinski definition) is 2. The molecule has 0 aromatic heterocycles. The third-order valence-corrected chi connectivity index (χ3v) is 2.00. The fraction of sp³-hybridized carbons (Fsp3) is 0.417. The molecule has 1 aromatic rings. The number of aliphatic hydroxyl groups excluding tert-OH is 1. The van der Waals surface area contributed by atoms with Crippen LogP contribution in [-0.2, 0) is 12.0 Å². The highest BCUT2D eigenvalue weighted by atomic mass is 16.4. The van der Waals surface area contributed by atoms with Crippen LogP contribution in [-0.4, -0.2) is 16.3 Å². The van der Waals surface area contributed by atoms with Gasteiger partial charge in [-0.2, -0.15) is 0 Å². The maximum atomic E-state index is 9.08. The fourth-order valence-electron chi connectivity index (χ4n) is 1.39. The molecule has 4 nitrogen and oxygen atoms in total. The molecular formula is C12H19NO3. The molecule has 0 radical (unpaired) electrons. The molecule has 0 aliphatic carbocycles. The molecule has 16 heavy (non-hydrogen) atoms. The summed E-state index contributed by atoms with van der Waals surface area (Å²) in [5, 5.41) is 16.3. The lowest BCUT2D eigenvalue weighted by molar-refractivity contribution is 0.205. The molecule has 1 aromatic carbocycles. The topological polar surface area (TPSA) is 83.5 Å². The quantitative estimate of drug-likeness (QED) is 0.684. The molecule has 0 saturated heterocycles. The molecule has 0 spiro atoms. The Kier molecular flexibility index (Phi) is 5.53. The summed E-state index contributed by atoms with van der Waals surface area (Å²) in [7, 11) is 0. The van der Waals surface area contributed by atoms with E-state index in [2.05, 4.69) is 32.6 Å². The molecule has 0 unspecified atom stereocenters. The minimum Gasteiger partial charge on any atom is -0.465 e. The third kappa shape index (κ3) is 5.36. The van der Waals surface area contributed by atoms with Crippen molar-refractivity contribution in [1.82, 2.24) is 0 Å². The normalized spacial score (nSPS) is 10.2. The minimum absolute atomic E-state index is 0.124. The van der Waals surface area contributed by atoms with Crippen LogP contribution in [0.25, 0.3) is 0 Å². The summed E-state index contributed by atoms with van der Waals surface area (Å²) in [5.74, 6) is 0. The maximum Gasteiger partial charge on any atom is 0.402 e. The van der Waals surface area contributed by atoms with Gasteiger partial charge in [-0.25, -0.2) is 4.79 Å². The molecule has 90 valence electrons. The van der Waals surface area contributed by atoms with Crippen LogP contribution in [0, 0.1) is 0 Å². The number of benzene rings is 1. The summed E-state index contributed by atoms with van der Waals surface area (Å²) >= 11 is 0. The van der Waals surface area contributed by atoms with Crippen LogP contribution >= 0.6 is 0 Å². The molecule has 0 bridgehead atoms. The number of aliphatic hydroxyl groups is 1. The van der Waals surface area contributed by atoms with Crippen molar-refractivity contribution >= 4 is 6.09 Å². The zero-order chi connectivity index (χ0) is 12.8. The van der Waals surface area contributed by atoms with E-state index in [1.54, 1.807) is 0 Å². The van der Waals surface area contributed by atoms with E-state index in [4.69, 9.17) is 15.0 Å². The lowest BCUT2D eigenvalue weighted by Gasteiger charge is -2.21. The highest BCUT2D eigenvalue weighted by molar-refractivity contribution is 5.61. The molecule has 0 aliphatic heterocycles. The summed E-state index contributed by atoms with van der Waals surface area (Å²) < 4.78 is 0. The van der Waals surface area contributed by atoms with E-state index in [-0.39, 0.29) is 12.0 Å². The van der Waals surface area contributed by atoms with Gasteiger partial charge in [0.2, 0.25) is 0 Å². The molecule has 1 rings (SSSR count). The van der Waals surface area contributed by atoms with Gasteiger partial charge in [-0.1, -0.05) is 45.0 Å². The number of rotatable bonds is 1. The van der Waals surface area contributed by atoms with Crippen molar-refractivity contribution in [2.75, 3.05) is 0 Å². The number of hydrogen-bond donors (Lipinski definition) is 3. The van der Waals surface area contributed by atoms with Gasteiger partial charge >= 0.3 is 6.09 Å². The fourth-order valence-corrected chi connectivity index (χ4v) is 1.39. The lowest BCUT2D eigenvalue weighted by Crippen LogP contribution is -2.13. The van der Waals surface area contributed by atoms with E-state index >= 15 is 0 Å². The van der Waals surface area contributed by atoms with E-state index in [1.807, 2.05) is 18.2 Å². The van der Waals surface area contributed by atoms with Crippen molar-refractivity contribution in [3.63, 3.8) is 0 Å². The van der Waals surface area contributed by atoms with Gasteiger partial charge < -0.3 is 15.9 Å². The van der Waals surface area contributed by atoms with Crippen molar-refractivity contribution < 1.29 is 15.0 Å². The monoisotopic (exact) mass is 225 g/mol. The first kappa shape index (κ1) is 14.5. The van der Waals surface area contributed by atoms with Gasteiger partial charge in [-0.3, -0.25) is 0 Å². The van der Waals surface area contributed by atoms with Crippen LogP contribution in [0.2, 0.25) is 0 Å². The predicted octanol–water partition coefficient (Wildman–Crippen LogP) is 2.10. The van der Waals surface area contributed by atoms with E-state index < -0.39 is 6.09 Å². The number of nitrogens with two attached hydrogens (primary N) is 1. The second-order valence-corrected chi connectivity index (χ2v) is 4.40. The summed E-state index contributed by atoms with van der Waals surface area (Å²) in [5.41, 5.74) is 6.41. The highest BCUT2D eigenvalue weighted by Crippen LogP contribution is 2.25. The number of amides is 1. The van der Waals surface area contributed by atoms with Gasteiger partial charge in [0.05, 0.1) is 6.61 Å². The first-order valence-corrected chi connectivity index (χ1v) is 4.96. The molecule has 0 heterocycles. The second-order valence-electron chi connectivity index (χ2n) is 4.40. The number of carbonyl (C=O) groups is 1. The minimum atomic E-state index is -1.33. The summed E-state index contributed by atoms with van der Waals surface area (Å²) in [4.78, 5) is 8.78. The van der Waals surface area contributed by atoms with Crippen LogP contribution in [0.3, 0.4) is 0 Å². The first-order valence-electron chi connectivity index (χ1n) is 4.96. The van der Waals surface area contributed by atoms with Crippen molar-refractivity contribution in [2.24, 2.45) is 5.73 Å². The Balaban J connectivity index is 0.000000487. The standard InChI is InChI=1S/C11H16O.CH3NO2/c1-11(2,3)10-7-5-4-6-9(10)8-12;2-1(3)4/h4-7,12H,8H2,1-3H3;2H2,(H,3,4). The first-order chi connectivity index (χ1) is 7.29. The second kappa shape index (κ2) is 6.12. The highest BCUT2D eigenvalue weighted by Gasteiger charge is 2.16. The van der Waals surface area contributed by atoms with Crippen LogP contribution in [0.15, 0.2) is 24.3 Å². The van der Waals surface area contributed by atoms with Crippen molar-refractivity contribution in [1.29, 1.82) is 0 Å². The molecule has 1 amide bonds. The van der Waals surface area contributed by atoms with E-state index in [1.165, 1.54) is 5.56 Å². The molecule has 4 N–H and O–H groups in total. The molecule has 0 fully saturated rings. The zero-order valence-corrected chi connectivity index (χ0v) is 9.90. The zero-order valence-electron chi connectivity index (χ0n) is 9.90. The largest absolute Gasteiger partial charge is 0.465 e. The Labute approximate surface area is 95.7 Å². The van der Waals surface area contributed by atoms with Gasteiger partial charge in [0, 0.05) is 0 Å². The van der Waals surface area contributed by atoms with Gasteiger partial charge in [-0.15, -0.1) is 0 Å². The molecular weight excluding hydrogens is 206 g/mol. The Morgan fingerprint density at radius 1 is 1.31 bits per heavy atom. The molecule has 0 saturated carbocycles. The van der Waals surface area contributed by atoms with Crippen molar-refractivity contribution in [3.8, 4) is 0 Å². The average molecular weight is 225 g/mol. The predicted molar refractivity (Wildman–Crippen MR) is 63.3 cm³/mol. The van der Waals surface area contributed by atoms with Gasteiger partial charge in [0.1, 0.15) is 0 Å². The Hall–Kier alpha value is -1.55. The van der Waals surface area contributed by atoms with Crippen LogP contribution in [0.4, 0.5) is 4.79 Å². The van der Waals surface area contributed by atoms with E-state index in [9.17, 15) is 0 Å². The summed E-state index contributed by atoms with van der Waals surface area (Å²) in [6.45, 7) is 6.60. The smallest absolute Gasteiger partial charge is 0.402 e. The van der Waals surface area contributed by atoms with Crippen molar-refractivity contribution in [2.45, 2.75) is 32.8 Å². The third-order valence-electron chi connectivity index (χ3n) is 2.00. The SMILES string of the molecule is CC(C)(C)c1ccccc1CO.NC(=O)O. The van der Waals surface area contributed by atoms with E-state index in [0.717, 1.165) is 5.56 Å². The molecule has 0 aliphatic rings. The average Bonchev–Trinajstić information content (AvgIpc) is 2.15. The Morgan fingerprint density at radius 2 is 1.75 bits per heavy atom. The molecule has 0 atom stereocenters. The summed E-state index contributed by atoms with van der Waals surface area (Å²) in [6, 6.07) is 8.02. The maximum absolute atomic E-state index is 9.08. The van der Waals surface area contributed by atoms with Crippen LogP contribution in [0.5, 0.6) is 0 Å². The number of carboxylic acid groups (broad SMARTS) is 1. The molecule has 4 heteroatoms. The van der Waals surface area contributed by atoms with Gasteiger partial charge in [-0.05, 0) is 16.5 Å². The van der Waals surface area contributed by atoms with E-state index in [0.29, 0.717) is 0 Å². The Bertz CT molecular complexity index is 338. The van der Waals surface area contributed by atoms with Crippen molar-refractivity contribution in [3.05, 3.63) is 35.4 Å². The Morgan fingerprint density at radius 3 is 2.06 bits per heavy atom. The van der Waals surface area contributed by atoms with Crippen LogP contribution in [0.1, 0.15) is 31.9 Å². The van der Waals surface area contributed by atoms with Gasteiger partial charge in [0.25, 0.3) is 0 Å². The number of primary amides is 1. The van der Waals surface area contributed by atoms with Gasteiger partial charge in [0.15, 0.2) is 0 Å². The van der Waals surface area contributed by atoms with Crippen LogP contribution < -0.4 is 5.73 Å².